The minimum atomic E-state index is -0.135. The summed E-state index contributed by atoms with van der Waals surface area (Å²) in [5, 5.41) is 0. The van der Waals surface area contributed by atoms with Gasteiger partial charge in [-0.15, -0.1) is 0 Å². The van der Waals surface area contributed by atoms with E-state index >= 15 is 0 Å². The predicted molar refractivity (Wildman–Crippen MR) is 63.4 cm³/mol. The Labute approximate surface area is 92.5 Å². The first kappa shape index (κ1) is 11.5. The predicted octanol–water partition coefficient (Wildman–Crippen LogP) is 1.90. The Hall–Kier alpha value is -0.550. The summed E-state index contributed by atoms with van der Waals surface area (Å²) in [5.74, 6) is 1.66. The van der Waals surface area contributed by atoms with Crippen molar-refractivity contribution in [1.29, 1.82) is 0 Å². The lowest BCUT2D eigenvalue weighted by Gasteiger charge is -2.11. The first-order chi connectivity index (χ1) is 6.63. The molecule has 0 saturated heterocycles. The summed E-state index contributed by atoms with van der Waals surface area (Å²) in [5.41, 5.74) is -0.135. The third-order valence-corrected chi connectivity index (χ3v) is 3.10. The van der Waals surface area contributed by atoms with Crippen molar-refractivity contribution < 1.29 is 0 Å². The zero-order valence-electron chi connectivity index (χ0n) is 8.32. The van der Waals surface area contributed by atoms with Gasteiger partial charge in [-0.25, -0.2) is 0 Å². The van der Waals surface area contributed by atoms with Crippen LogP contribution in [0.3, 0.4) is 0 Å². The monoisotopic (exact) mass is 230 g/mol. The first-order valence-corrected chi connectivity index (χ1v) is 6.22. The summed E-state index contributed by atoms with van der Waals surface area (Å²) in [7, 11) is 0. The second-order valence-electron chi connectivity index (χ2n) is 3.32. The summed E-state index contributed by atoms with van der Waals surface area (Å²) < 4.78 is 2.41. The molecule has 0 amide bonds. The molecule has 1 rings (SSSR count). The molecule has 0 aliphatic heterocycles. The van der Waals surface area contributed by atoms with Crippen molar-refractivity contribution in [3.8, 4) is 0 Å². The average molecular weight is 230 g/mol. The molecular formula is C9H14N2OS2. The second-order valence-corrected chi connectivity index (χ2v) is 4.62. The van der Waals surface area contributed by atoms with Crippen molar-refractivity contribution in [2.45, 2.75) is 13.5 Å². The van der Waals surface area contributed by atoms with Crippen LogP contribution in [0.2, 0.25) is 0 Å². The van der Waals surface area contributed by atoms with Crippen LogP contribution in [0.15, 0.2) is 17.1 Å². The highest BCUT2D eigenvalue weighted by molar-refractivity contribution is 7.98. The van der Waals surface area contributed by atoms with Gasteiger partial charge in [0, 0.05) is 18.8 Å². The SMILES string of the molecule is CSCC(C)Cn1ccc(=O)[nH]c1=S. The lowest BCUT2D eigenvalue weighted by molar-refractivity contribution is 0.517. The molecule has 0 radical (unpaired) electrons. The molecule has 1 N–H and O–H groups in total. The highest BCUT2D eigenvalue weighted by atomic mass is 32.2. The van der Waals surface area contributed by atoms with Crippen molar-refractivity contribution in [2.75, 3.05) is 12.0 Å². The highest BCUT2D eigenvalue weighted by Crippen LogP contribution is 2.06. The molecule has 3 nitrogen and oxygen atoms in total. The molecule has 14 heavy (non-hydrogen) atoms. The molecule has 0 spiro atoms. The summed E-state index contributed by atoms with van der Waals surface area (Å²) >= 11 is 6.86. The van der Waals surface area contributed by atoms with E-state index < -0.39 is 0 Å². The fourth-order valence-electron chi connectivity index (χ4n) is 1.26. The van der Waals surface area contributed by atoms with Gasteiger partial charge >= 0.3 is 0 Å². The van der Waals surface area contributed by atoms with E-state index in [1.165, 1.54) is 6.07 Å². The number of aromatic amines is 1. The number of nitrogens with zero attached hydrogens (tertiary/aromatic N) is 1. The van der Waals surface area contributed by atoms with Crippen LogP contribution >= 0.6 is 24.0 Å². The summed E-state index contributed by atoms with van der Waals surface area (Å²) in [6, 6.07) is 1.50. The van der Waals surface area contributed by atoms with Gasteiger partial charge < -0.3 is 4.57 Å². The molecule has 1 aromatic rings. The van der Waals surface area contributed by atoms with Crippen LogP contribution in [-0.4, -0.2) is 21.6 Å². The number of nitrogens with one attached hydrogen (secondary N) is 1. The van der Waals surface area contributed by atoms with E-state index in [-0.39, 0.29) is 5.56 Å². The van der Waals surface area contributed by atoms with E-state index in [1.807, 2.05) is 16.3 Å². The summed E-state index contributed by atoms with van der Waals surface area (Å²) in [4.78, 5) is 13.5. The topological polar surface area (TPSA) is 37.8 Å². The molecule has 0 saturated carbocycles. The molecule has 0 bridgehead atoms. The van der Waals surface area contributed by atoms with Gasteiger partial charge in [0.25, 0.3) is 5.56 Å². The number of thioether (sulfide) groups is 1. The molecular weight excluding hydrogens is 216 g/mol. The fraction of sp³-hybridized carbons (Fsp3) is 0.556. The van der Waals surface area contributed by atoms with Crippen LogP contribution < -0.4 is 5.56 Å². The Bertz CT molecular complexity index is 396. The number of H-pyrrole nitrogens is 1. The third-order valence-electron chi connectivity index (χ3n) is 1.86. The van der Waals surface area contributed by atoms with Gasteiger partial charge in [0.15, 0.2) is 4.77 Å². The van der Waals surface area contributed by atoms with Crippen molar-refractivity contribution in [1.82, 2.24) is 9.55 Å². The van der Waals surface area contributed by atoms with Crippen LogP contribution in [0.5, 0.6) is 0 Å². The van der Waals surface area contributed by atoms with E-state index in [0.717, 1.165) is 12.3 Å². The molecule has 0 aliphatic carbocycles. The van der Waals surface area contributed by atoms with Crippen molar-refractivity contribution in [3.05, 3.63) is 27.4 Å². The largest absolute Gasteiger partial charge is 0.325 e. The molecule has 5 heteroatoms. The number of hydrogen-bond acceptors (Lipinski definition) is 3. The summed E-state index contributed by atoms with van der Waals surface area (Å²) in [6.45, 7) is 3.03. The Morgan fingerprint density at radius 3 is 3.00 bits per heavy atom. The maximum absolute atomic E-state index is 10.9. The highest BCUT2D eigenvalue weighted by Gasteiger charge is 2.02. The van der Waals surface area contributed by atoms with Gasteiger partial charge in [-0.05, 0) is 30.1 Å². The molecule has 1 aromatic heterocycles. The van der Waals surface area contributed by atoms with E-state index in [4.69, 9.17) is 12.2 Å². The van der Waals surface area contributed by atoms with E-state index in [1.54, 1.807) is 6.20 Å². The lowest BCUT2D eigenvalue weighted by Crippen LogP contribution is -2.15. The van der Waals surface area contributed by atoms with Crippen LogP contribution in [0.1, 0.15) is 6.92 Å². The molecule has 0 fully saturated rings. The van der Waals surface area contributed by atoms with Crippen LogP contribution in [-0.2, 0) is 6.54 Å². The van der Waals surface area contributed by atoms with E-state index in [9.17, 15) is 4.79 Å². The minimum Gasteiger partial charge on any atom is -0.325 e. The van der Waals surface area contributed by atoms with Crippen molar-refractivity contribution in [3.63, 3.8) is 0 Å². The maximum Gasteiger partial charge on any atom is 0.251 e. The Morgan fingerprint density at radius 1 is 1.71 bits per heavy atom. The van der Waals surface area contributed by atoms with Gasteiger partial charge in [-0.2, -0.15) is 11.8 Å². The van der Waals surface area contributed by atoms with Crippen LogP contribution in [0, 0.1) is 10.7 Å². The molecule has 0 aliphatic rings. The Balaban J connectivity index is 2.77. The summed E-state index contributed by atoms with van der Waals surface area (Å²) in [6.07, 6.45) is 3.83. The number of rotatable bonds is 4. The molecule has 1 unspecified atom stereocenters. The zero-order chi connectivity index (χ0) is 10.6. The van der Waals surface area contributed by atoms with Crippen LogP contribution in [0.25, 0.3) is 0 Å². The Morgan fingerprint density at radius 2 is 2.43 bits per heavy atom. The van der Waals surface area contributed by atoms with Gasteiger partial charge in [-0.3, -0.25) is 9.78 Å². The van der Waals surface area contributed by atoms with Gasteiger partial charge in [0.2, 0.25) is 0 Å². The molecule has 0 aromatic carbocycles. The van der Waals surface area contributed by atoms with Crippen molar-refractivity contribution in [2.24, 2.45) is 5.92 Å². The third kappa shape index (κ3) is 3.31. The van der Waals surface area contributed by atoms with Crippen molar-refractivity contribution >= 4 is 24.0 Å². The Kier molecular flexibility index (Phi) is 4.41. The first-order valence-electron chi connectivity index (χ1n) is 4.42. The van der Waals surface area contributed by atoms with Gasteiger partial charge in [0.05, 0.1) is 0 Å². The normalized spacial score (nSPS) is 12.7. The quantitative estimate of drug-likeness (QED) is 0.803. The maximum atomic E-state index is 10.9. The van der Waals surface area contributed by atoms with Crippen LogP contribution in [0.4, 0.5) is 0 Å². The van der Waals surface area contributed by atoms with E-state index in [0.29, 0.717) is 10.7 Å². The molecule has 1 heterocycles. The molecule has 78 valence electrons. The lowest BCUT2D eigenvalue weighted by atomic mass is 10.2. The van der Waals surface area contributed by atoms with E-state index in [2.05, 4.69) is 18.2 Å². The smallest absolute Gasteiger partial charge is 0.251 e. The van der Waals surface area contributed by atoms with Gasteiger partial charge in [-0.1, -0.05) is 6.92 Å². The van der Waals surface area contributed by atoms with Gasteiger partial charge in [0.1, 0.15) is 0 Å². The molecule has 1 atom stereocenters. The number of hydrogen-bond donors (Lipinski definition) is 1. The fourth-order valence-corrected chi connectivity index (χ4v) is 2.17. The zero-order valence-corrected chi connectivity index (χ0v) is 9.95. The second kappa shape index (κ2) is 5.36. The standard InChI is InChI=1S/C9H14N2OS2/c1-7(6-14-2)5-11-4-3-8(12)10-9(11)13/h3-4,7H,5-6H2,1-2H3,(H,10,12,13). The number of aromatic nitrogens is 2. The minimum absolute atomic E-state index is 0.135. The average Bonchev–Trinajstić information content (AvgIpc) is 2.10.